The van der Waals surface area contributed by atoms with Gasteiger partial charge in [0.05, 0.1) is 16.5 Å². The average molecular weight is 480 g/mol. The lowest BCUT2D eigenvalue weighted by molar-refractivity contribution is -0.129. The minimum Gasteiger partial charge on any atom is -0.449 e. The Bertz CT molecular complexity index is 1050. The van der Waals surface area contributed by atoms with Gasteiger partial charge in [-0.3, -0.25) is 4.79 Å². The standard InChI is InChI=1S/C19H17Cl2F2NO5S/c1-10(15-8-5-13(20)9-16(15)21)24-17(25)11(2)29-18(26)12-3-6-14(7-4-12)30(27,28)19(22)23/h3-11,19H,1-2H3,(H,24,25)/t10-,11+/m1/s1. The maximum absolute atomic E-state index is 12.6. The topological polar surface area (TPSA) is 89.5 Å². The number of ether oxygens (including phenoxy) is 1. The predicted octanol–water partition coefficient (Wildman–Crippen LogP) is 4.41. The minimum absolute atomic E-state index is 0.100. The molecule has 1 N–H and O–H groups in total. The largest absolute Gasteiger partial charge is 0.449 e. The fourth-order valence-electron chi connectivity index (χ4n) is 2.43. The summed E-state index contributed by atoms with van der Waals surface area (Å²) in [6.07, 6.45) is -1.18. The number of carbonyl (C=O) groups is 2. The van der Waals surface area contributed by atoms with Crippen molar-refractivity contribution in [3.8, 4) is 0 Å². The Labute approximate surface area is 182 Å². The Kier molecular flexibility index (Phi) is 7.79. The monoisotopic (exact) mass is 479 g/mol. The van der Waals surface area contributed by atoms with Crippen molar-refractivity contribution >= 4 is 44.9 Å². The Hall–Kier alpha value is -2.23. The van der Waals surface area contributed by atoms with E-state index >= 15 is 0 Å². The number of alkyl halides is 2. The number of hydrogen-bond donors (Lipinski definition) is 1. The van der Waals surface area contributed by atoms with Crippen molar-refractivity contribution in [3.05, 3.63) is 63.6 Å². The molecule has 0 radical (unpaired) electrons. The highest BCUT2D eigenvalue weighted by molar-refractivity contribution is 7.91. The second-order valence-corrected chi connectivity index (χ2v) is 9.04. The number of carbonyl (C=O) groups excluding carboxylic acids is 2. The molecule has 11 heteroatoms. The molecule has 1 amide bonds. The number of hydrogen-bond acceptors (Lipinski definition) is 5. The summed E-state index contributed by atoms with van der Waals surface area (Å²) < 4.78 is 53.0. The van der Waals surface area contributed by atoms with Gasteiger partial charge >= 0.3 is 11.7 Å². The van der Waals surface area contributed by atoms with Crippen LogP contribution in [0.1, 0.15) is 35.8 Å². The molecule has 0 spiro atoms. The summed E-state index contributed by atoms with van der Waals surface area (Å²) in [5.41, 5.74) is 0.514. The van der Waals surface area contributed by atoms with Crippen LogP contribution in [0.15, 0.2) is 47.4 Å². The van der Waals surface area contributed by atoms with Crippen molar-refractivity contribution in [2.75, 3.05) is 0 Å². The van der Waals surface area contributed by atoms with E-state index in [0.29, 0.717) is 15.6 Å². The molecule has 0 saturated carbocycles. The van der Waals surface area contributed by atoms with Crippen LogP contribution in [0.5, 0.6) is 0 Å². The van der Waals surface area contributed by atoms with Gasteiger partial charge in [-0.2, -0.15) is 8.78 Å². The molecule has 0 aliphatic heterocycles. The molecule has 2 aromatic rings. The minimum atomic E-state index is -4.77. The molecule has 0 saturated heterocycles. The zero-order chi connectivity index (χ0) is 22.6. The third-order valence-electron chi connectivity index (χ3n) is 4.09. The SMILES string of the molecule is C[C@H](OC(=O)c1ccc(S(=O)(=O)C(F)F)cc1)C(=O)N[C@H](C)c1ccc(Cl)cc1Cl. The van der Waals surface area contributed by atoms with Gasteiger partial charge in [-0.15, -0.1) is 0 Å². The highest BCUT2D eigenvalue weighted by atomic mass is 35.5. The van der Waals surface area contributed by atoms with E-state index in [9.17, 15) is 26.8 Å². The maximum atomic E-state index is 12.6. The normalized spacial score (nSPS) is 13.6. The average Bonchev–Trinajstić information content (AvgIpc) is 2.67. The van der Waals surface area contributed by atoms with Crippen LogP contribution in [-0.4, -0.2) is 32.2 Å². The van der Waals surface area contributed by atoms with E-state index in [4.69, 9.17) is 27.9 Å². The fraction of sp³-hybridized carbons (Fsp3) is 0.263. The first-order valence-electron chi connectivity index (χ1n) is 8.52. The Morgan fingerprint density at radius 1 is 1.03 bits per heavy atom. The molecule has 0 bridgehead atoms. The van der Waals surface area contributed by atoms with Crippen LogP contribution in [0.2, 0.25) is 10.0 Å². The van der Waals surface area contributed by atoms with E-state index in [2.05, 4.69) is 5.32 Å². The van der Waals surface area contributed by atoms with E-state index in [0.717, 1.165) is 24.3 Å². The van der Waals surface area contributed by atoms with Crippen molar-refractivity contribution in [1.29, 1.82) is 0 Å². The molecule has 0 aromatic heterocycles. The van der Waals surface area contributed by atoms with E-state index in [1.165, 1.54) is 13.0 Å². The Morgan fingerprint density at radius 2 is 1.63 bits per heavy atom. The first kappa shape index (κ1) is 24.0. The summed E-state index contributed by atoms with van der Waals surface area (Å²) in [7, 11) is -4.77. The number of rotatable bonds is 7. The van der Waals surface area contributed by atoms with Crippen molar-refractivity contribution in [1.82, 2.24) is 5.32 Å². The molecule has 0 fully saturated rings. The fourth-order valence-corrected chi connectivity index (χ4v) is 3.72. The van der Waals surface area contributed by atoms with Crippen molar-refractivity contribution < 1.29 is 31.5 Å². The van der Waals surface area contributed by atoms with Crippen molar-refractivity contribution in [3.63, 3.8) is 0 Å². The van der Waals surface area contributed by atoms with Crippen molar-refractivity contribution in [2.45, 2.75) is 36.6 Å². The lowest BCUT2D eigenvalue weighted by atomic mass is 10.1. The quantitative estimate of drug-likeness (QED) is 0.593. The second kappa shape index (κ2) is 9.72. The van der Waals surface area contributed by atoms with Gasteiger partial charge in [-0.05, 0) is 55.8 Å². The van der Waals surface area contributed by atoms with Gasteiger partial charge in [0.25, 0.3) is 5.91 Å². The maximum Gasteiger partial charge on any atom is 0.341 e. The second-order valence-electron chi connectivity index (χ2n) is 6.27. The number of benzene rings is 2. The molecular weight excluding hydrogens is 463 g/mol. The first-order chi connectivity index (χ1) is 13.9. The summed E-state index contributed by atoms with van der Waals surface area (Å²) in [4.78, 5) is 23.8. The molecule has 0 aliphatic carbocycles. The van der Waals surface area contributed by atoms with Gasteiger partial charge in [-0.1, -0.05) is 29.3 Å². The van der Waals surface area contributed by atoms with Crippen LogP contribution in [0, 0.1) is 0 Å². The number of sulfone groups is 1. The zero-order valence-electron chi connectivity index (χ0n) is 15.7. The molecule has 162 valence electrons. The van der Waals surface area contributed by atoms with Crippen LogP contribution >= 0.6 is 23.2 Å². The molecule has 0 heterocycles. The molecule has 30 heavy (non-hydrogen) atoms. The summed E-state index contributed by atoms with van der Waals surface area (Å²) in [5, 5.41) is 3.45. The third kappa shape index (κ3) is 5.68. The van der Waals surface area contributed by atoms with Crippen molar-refractivity contribution in [2.24, 2.45) is 0 Å². The van der Waals surface area contributed by atoms with E-state index in [1.54, 1.807) is 19.1 Å². The van der Waals surface area contributed by atoms with Crippen LogP contribution < -0.4 is 5.32 Å². The van der Waals surface area contributed by atoms with Gasteiger partial charge in [0.2, 0.25) is 9.84 Å². The Morgan fingerprint density at radius 3 is 2.17 bits per heavy atom. The van der Waals surface area contributed by atoms with E-state index < -0.39 is 44.5 Å². The molecule has 6 nitrogen and oxygen atoms in total. The highest BCUT2D eigenvalue weighted by Crippen LogP contribution is 2.26. The van der Waals surface area contributed by atoms with E-state index in [-0.39, 0.29) is 5.56 Å². The number of nitrogens with one attached hydrogen (secondary N) is 1. The first-order valence-corrected chi connectivity index (χ1v) is 10.8. The number of amides is 1. The van der Waals surface area contributed by atoms with Gasteiger partial charge in [0.15, 0.2) is 6.10 Å². The van der Waals surface area contributed by atoms with E-state index in [1.807, 2.05) is 0 Å². The Balaban J connectivity index is 2.02. The van der Waals surface area contributed by atoms with Crippen LogP contribution in [0.3, 0.4) is 0 Å². The van der Waals surface area contributed by atoms with Gasteiger partial charge in [0.1, 0.15) is 0 Å². The third-order valence-corrected chi connectivity index (χ3v) is 6.05. The zero-order valence-corrected chi connectivity index (χ0v) is 18.1. The molecule has 2 atom stereocenters. The molecule has 0 aliphatic rings. The lowest BCUT2D eigenvalue weighted by Crippen LogP contribution is -2.37. The van der Waals surface area contributed by atoms with Crippen LogP contribution in [0.4, 0.5) is 8.78 Å². The smallest absolute Gasteiger partial charge is 0.341 e. The predicted molar refractivity (Wildman–Crippen MR) is 108 cm³/mol. The molecule has 2 rings (SSSR count). The molecule has 2 aromatic carbocycles. The highest BCUT2D eigenvalue weighted by Gasteiger charge is 2.27. The molecule has 0 unspecified atom stereocenters. The summed E-state index contributed by atoms with van der Waals surface area (Å²) in [6, 6.07) is 8.09. The number of halogens is 4. The lowest BCUT2D eigenvalue weighted by Gasteiger charge is -2.19. The summed E-state index contributed by atoms with van der Waals surface area (Å²) in [5.74, 6) is -5.09. The summed E-state index contributed by atoms with van der Waals surface area (Å²) in [6.45, 7) is 3.03. The van der Waals surface area contributed by atoms with Crippen LogP contribution in [0.25, 0.3) is 0 Å². The van der Waals surface area contributed by atoms with Crippen LogP contribution in [-0.2, 0) is 19.4 Å². The number of esters is 1. The van der Waals surface area contributed by atoms with Gasteiger partial charge in [0, 0.05) is 10.0 Å². The van der Waals surface area contributed by atoms with Gasteiger partial charge < -0.3 is 10.1 Å². The summed E-state index contributed by atoms with van der Waals surface area (Å²) >= 11 is 11.9. The molecular formula is C19H17Cl2F2NO5S. The van der Waals surface area contributed by atoms with Gasteiger partial charge in [-0.25, -0.2) is 13.2 Å².